The smallest absolute Gasteiger partial charge is 0.410 e. The number of nitrogens with zero attached hydrogens (tertiary/aromatic N) is 4. The number of nitrogens with two attached hydrogens (primary N) is 1. The molecule has 0 aliphatic carbocycles. The zero-order chi connectivity index (χ0) is 72.1. The van der Waals surface area contributed by atoms with Gasteiger partial charge in [0, 0.05) is 85.2 Å². The first kappa shape index (κ1) is 82.3. The highest BCUT2D eigenvalue weighted by Crippen LogP contribution is 2.30. The van der Waals surface area contributed by atoms with Crippen LogP contribution < -0.4 is 37.6 Å². The van der Waals surface area contributed by atoms with Crippen LogP contribution in [0.15, 0.2) is 66.7 Å². The molecule has 0 bridgehead atoms. The first-order valence-electron chi connectivity index (χ1n) is 33.7. The Labute approximate surface area is 568 Å². The van der Waals surface area contributed by atoms with Crippen molar-refractivity contribution in [3.8, 4) is 0 Å². The van der Waals surface area contributed by atoms with Gasteiger partial charge in [-0.15, -0.1) is 0 Å². The molecule has 9 N–H and O–H groups in total. The van der Waals surface area contributed by atoms with Crippen LogP contribution in [0.1, 0.15) is 165 Å². The number of urea groups is 1. The monoisotopic (exact) mass is 1350 g/mol. The lowest BCUT2D eigenvalue weighted by atomic mass is 9.89. The summed E-state index contributed by atoms with van der Waals surface area (Å²) in [5.74, 6) is -3.71. The standard InChI is InChI=1S/C35H53N7O8.C35H58N4O7/c1-22(2)24(5)41(6)35(49)50-21-25-13-15-26(16-14-25)38-32(46)27(11-10-19-37-34(36)48)39-33(47)31(23(3)4)40-28(43)12-8-7-9-20-42-29(44)17-18-30(42)45;1-11-22(4)31(38(8)35(44)30(21(2)3)37-25(7)40)28(45-9)20-29(41)39-19-15-18-27(39)33(46-10)23(5)34(43)36-24(6)32(42)26-16-13-12-14-17-26/h13-18,22-24,27,31H,7-12,19-21H2,1-6H3,(H,38,46)(H,39,47)(H,40,43)(H3,36,37,48);12-14,16-17,21-24,27-28,30-33,42H,11,15,18-20H2,1-10H3,(H,36,43)(H,37,40)/t24-,27+,31+;22-,23+,24+,27-,28+,30-,31-,32+,33+/m10/s1. The van der Waals surface area contributed by atoms with Crippen LogP contribution >= 0.6 is 0 Å². The minimum Gasteiger partial charge on any atom is -0.445 e. The molecule has 26 heteroatoms. The van der Waals surface area contributed by atoms with Gasteiger partial charge in [0.25, 0.3) is 11.8 Å². The van der Waals surface area contributed by atoms with Gasteiger partial charge >= 0.3 is 12.1 Å². The number of hydrogen-bond donors (Lipinski definition) is 8. The molecule has 26 nitrogen and oxygen atoms in total. The Morgan fingerprint density at radius 3 is 1.90 bits per heavy atom. The molecule has 0 radical (unpaired) electrons. The number of hydrogen-bond acceptors (Lipinski definition) is 15. The van der Waals surface area contributed by atoms with Crippen LogP contribution in [0.5, 0.6) is 0 Å². The SMILES string of the molecule is CC(C)[C@H](NC(=O)CCCCCN1C(=O)C=CC1=O)C(=O)N[C@@H](CCCNC(N)=O)C(=O)Nc1ccc(COC(=O)N(C)[C@H](C)C(C)C)cc1.CC[C@H](C)[C@@H]([C@@H](CC(=O)N1CCC[C@H]1[C@H](OC)[C@@H](C)C(=O)N[C@H](C)[C@@H](O)c1ccccc1)OC)N(C)C(=O)[C@@H](NC(C)=O)C(C)C. The summed E-state index contributed by atoms with van der Waals surface area (Å²) in [5.41, 5.74) is 7.03. The van der Waals surface area contributed by atoms with E-state index < -0.39 is 78.4 Å². The summed E-state index contributed by atoms with van der Waals surface area (Å²) in [7, 11) is 6.50. The number of aliphatic hydroxyl groups is 1. The summed E-state index contributed by atoms with van der Waals surface area (Å²) in [4.78, 5) is 145. The fourth-order valence-corrected chi connectivity index (χ4v) is 11.6. The molecule has 12 amide bonds. The Hall–Kier alpha value is -7.97. The highest BCUT2D eigenvalue weighted by Gasteiger charge is 2.43. The van der Waals surface area contributed by atoms with E-state index in [1.807, 2.05) is 78.8 Å². The van der Waals surface area contributed by atoms with E-state index in [2.05, 4.69) is 31.9 Å². The maximum atomic E-state index is 14.0. The molecule has 2 aliphatic rings. The molecule has 536 valence electrons. The van der Waals surface area contributed by atoms with Crippen LogP contribution in [-0.2, 0) is 64.0 Å². The Kier molecular flexibility index (Phi) is 35.3. The molecule has 0 saturated carbocycles. The van der Waals surface area contributed by atoms with E-state index in [4.69, 9.17) is 19.9 Å². The first-order chi connectivity index (χ1) is 45.3. The molecule has 1 saturated heterocycles. The zero-order valence-electron chi connectivity index (χ0n) is 59.4. The largest absolute Gasteiger partial charge is 0.445 e. The van der Waals surface area contributed by atoms with Gasteiger partial charge in [-0.1, -0.05) is 118 Å². The van der Waals surface area contributed by atoms with Gasteiger partial charge in [-0.2, -0.15) is 0 Å². The third kappa shape index (κ3) is 25.9. The van der Waals surface area contributed by atoms with E-state index in [9.17, 15) is 57.8 Å². The van der Waals surface area contributed by atoms with Crippen LogP contribution in [0.2, 0.25) is 0 Å². The van der Waals surface area contributed by atoms with Crippen molar-refractivity contribution in [2.45, 2.75) is 215 Å². The maximum Gasteiger partial charge on any atom is 0.410 e. The average molecular weight is 1350 g/mol. The number of unbranched alkanes of at least 4 members (excludes halogenated alkanes) is 2. The summed E-state index contributed by atoms with van der Waals surface area (Å²) < 4.78 is 17.2. The second kappa shape index (κ2) is 41.2. The number of amides is 12. The lowest BCUT2D eigenvalue weighted by Gasteiger charge is -2.40. The van der Waals surface area contributed by atoms with Gasteiger partial charge < -0.3 is 71.7 Å². The van der Waals surface area contributed by atoms with E-state index in [-0.39, 0.29) is 116 Å². The number of likely N-dealkylation sites (tertiary alicyclic amines) is 1. The van der Waals surface area contributed by atoms with Crippen molar-refractivity contribution >= 4 is 71.0 Å². The fraction of sp³-hybridized carbons (Fsp3) is 0.643. The second-order valence-electron chi connectivity index (χ2n) is 26.3. The molecule has 4 rings (SSSR count). The molecule has 2 aromatic rings. The number of carbonyl (C=O) groups excluding carboxylic acids is 11. The number of primary amides is 1. The molecule has 12 atom stereocenters. The van der Waals surface area contributed by atoms with Crippen molar-refractivity contribution in [3.63, 3.8) is 0 Å². The quantitative estimate of drug-likeness (QED) is 0.0280. The molecular formula is C70H111N11O15. The van der Waals surface area contributed by atoms with Gasteiger partial charge in [0.2, 0.25) is 41.4 Å². The Bertz CT molecular complexity index is 2880. The van der Waals surface area contributed by atoms with E-state index in [0.717, 1.165) is 17.7 Å². The Balaban J connectivity index is 0.000000502. The van der Waals surface area contributed by atoms with Gasteiger partial charge in [0.1, 0.15) is 24.7 Å². The number of anilines is 1. The molecule has 0 unspecified atom stereocenters. The molecule has 0 spiro atoms. The summed E-state index contributed by atoms with van der Waals surface area (Å²) >= 11 is 0. The number of carbonyl (C=O) groups is 11. The van der Waals surface area contributed by atoms with Gasteiger partial charge in [-0.3, -0.25) is 48.1 Å². The number of ether oxygens (including phenoxy) is 3. The number of methoxy groups -OCH3 is 2. The summed E-state index contributed by atoms with van der Waals surface area (Å²) in [6.45, 7) is 23.3. The topological polar surface area (TPSA) is 347 Å². The summed E-state index contributed by atoms with van der Waals surface area (Å²) in [6.07, 6.45) is 4.54. The molecule has 2 heterocycles. The predicted octanol–water partition coefficient (Wildman–Crippen LogP) is 6.10. The van der Waals surface area contributed by atoms with Crippen molar-refractivity contribution in [2.24, 2.45) is 35.3 Å². The number of benzene rings is 2. The number of imide groups is 1. The minimum absolute atomic E-state index is 0.00889. The second-order valence-corrected chi connectivity index (χ2v) is 26.3. The van der Waals surface area contributed by atoms with Gasteiger partial charge in [0.05, 0.1) is 48.8 Å². The van der Waals surface area contributed by atoms with Gasteiger partial charge in [-0.05, 0) is 99.3 Å². The molecule has 2 aliphatic heterocycles. The van der Waals surface area contributed by atoms with Crippen LogP contribution in [0, 0.1) is 29.6 Å². The Morgan fingerprint density at radius 1 is 0.719 bits per heavy atom. The number of aliphatic hydroxyl groups excluding tert-OH is 1. The third-order valence-electron chi connectivity index (χ3n) is 18.0. The van der Waals surface area contributed by atoms with Crippen LogP contribution in [-0.4, -0.2) is 192 Å². The van der Waals surface area contributed by atoms with Crippen LogP contribution in [0.4, 0.5) is 15.3 Å². The predicted molar refractivity (Wildman–Crippen MR) is 365 cm³/mol. The van der Waals surface area contributed by atoms with Crippen molar-refractivity contribution < 1.29 is 72.1 Å². The minimum atomic E-state index is -1.00. The molecular weight excluding hydrogens is 1230 g/mol. The first-order valence-corrected chi connectivity index (χ1v) is 33.7. The lowest BCUT2D eigenvalue weighted by molar-refractivity contribution is -0.147. The van der Waals surface area contributed by atoms with Gasteiger partial charge in [0.15, 0.2) is 0 Å². The highest BCUT2D eigenvalue weighted by molar-refractivity contribution is 6.12. The molecule has 1 fully saturated rings. The summed E-state index contributed by atoms with van der Waals surface area (Å²) in [6, 6.07) is 11.3. The maximum absolute atomic E-state index is 14.0. The third-order valence-corrected chi connectivity index (χ3v) is 18.0. The normalized spacial score (nSPS) is 17.1. The average Bonchev–Trinajstić information content (AvgIpc) is 1.73. The van der Waals surface area contributed by atoms with Gasteiger partial charge in [-0.25, -0.2) is 9.59 Å². The van der Waals surface area contributed by atoms with E-state index in [0.29, 0.717) is 55.5 Å². The highest BCUT2D eigenvalue weighted by atomic mass is 16.6. The van der Waals surface area contributed by atoms with Crippen molar-refractivity contribution in [1.29, 1.82) is 0 Å². The number of rotatable bonds is 37. The van der Waals surface area contributed by atoms with Crippen LogP contribution in [0.3, 0.4) is 0 Å². The molecule has 2 aromatic carbocycles. The lowest BCUT2D eigenvalue weighted by Crippen LogP contribution is -2.57. The number of nitrogens with one attached hydrogen (secondary N) is 6. The van der Waals surface area contributed by atoms with Crippen LogP contribution in [0.25, 0.3) is 0 Å². The summed E-state index contributed by atoms with van der Waals surface area (Å²) in [5, 5.41) is 27.2. The Morgan fingerprint density at radius 2 is 1.34 bits per heavy atom. The fourth-order valence-electron chi connectivity index (χ4n) is 11.6. The zero-order valence-corrected chi connectivity index (χ0v) is 59.4. The molecule has 96 heavy (non-hydrogen) atoms. The number of likely N-dealkylation sites (N-methyl/N-ethyl adjacent to an activating group) is 1. The van der Waals surface area contributed by atoms with E-state index in [1.165, 1.54) is 19.1 Å². The molecule has 0 aromatic heterocycles. The van der Waals surface area contributed by atoms with Crippen molar-refractivity contribution in [2.75, 3.05) is 53.3 Å². The van der Waals surface area contributed by atoms with E-state index in [1.54, 1.807) is 95.0 Å². The van der Waals surface area contributed by atoms with E-state index >= 15 is 0 Å². The van der Waals surface area contributed by atoms with Crippen molar-refractivity contribution in [3.05, 3.63) is 77.9 Å². The van der Waals surface area contributed by atoms with Crippen molar-refractivity contribution in [1.82, 2.24) is 46.2 Å².